The van der Waals surface area contributed by atoms with E-state index in [-0.39, 0.29) is 18.6 Å². The molecule has 1 heterocycles. The van der Waals surface area contributed by atoms with Crippen LogP contribution in [0.3, 0.4) is 0 Å². The van der Waals surface area contributed by atoms with E-state index in [0.29, 0.717) is 18.5 Å². The smallest absolute Gasteiger partial charge is 0.364 e. The van der Waals surface area contributed by atoms with Gasteiger partial charge in [0.25, 0.3) is 5.79 Å². The number of rotatable bonds is 26. The van der Waals surface area contributed by atoms with Crippen LogP contribution in [0.4, 0.5) is 0 Å². The number of hydrogen-bond donors (Lipinski definition) is 3. The van der Waals surface area contributed by atoms with Crippen LogP contribution in [0.5, 0.6) is 0 Å². The first kappa shape index (κ1) is 36.8. The summed E-state index contributed by atoms with van der Waals surface area (Å²) in [6, 6.07) is 1.01. The average molecular weight is 572 g/mol. The van der Waals surface area contributed by atoms with E-state index in [2.05, 4.69) is 5.32 Å². The molecule has 0 radical (unpaired) electrons. The molecule has 0 amide bonds. The largest absolute Gasteiger partial charge is 0.481 e. The zero-order valence-electron chi connectivity index (χ0n) is 26.1. The average Bonchev–Trinajstić information content (AvgIpc) is 2.95. The van der Waals surface area contributed by atoms with Gasteiger partial charge in [-0.05, 0) is 64.2 Å². The molecule has 1 rings (SSSR count). The summed E-state index contributed by atoms with van der Waals surface area (Å²) in [5, 5.41) is 22.9. The molecule has 0 spiro atoms. The van der Waals surface area contributed by atoms with Crippen LogP contribution < -0.4 is 5.32 Å². The zero-order chi connectivity index (χ0) is 29.6. The van der Waals surface area contributed by atoms with Crippen molar-refractivity contribution in [2.24, 2.45) is 0 Å². The van der Waals surface area contributed by atoms with Crippen LogP contribution in [-0.2, 0) is 23.8 Å². The molecule has 1 atom stereocenters. The van der Waals surface area contributed by atoms with E-state index in [4.69, 9.17) is 19.3 Å². The summed E-state index contributed by atoms with van der Waals surface area (Å²) in [5.41, 5.74) is 0. The third kappa shape index (κ3) is 15.7. The van der Waals surface area contributed by atoms with E-state index < -0.39 is 17.7 Å². The van der Waals surface area contributed by atoms with E-state index in [1.165, 1.54) is 0 Å². The monoisotopic (exact) mass is 571 g/mol. The minimum absolute atomic E-state index is 0.125. The Hall–Kier alpha value is -1.22. The second kappa shape index (κ2) is 22.4. The molecule has 0 aliphatic carbocycles. The van der Waals surface area contributed by atoms with Crippen LogP contribution in [0.25, 0.3) is 0 Å². The fraction of sp³-hybridized carbons (Fsp3) is 0.938. The van der Waals surface area contributed by atoms with Gasteiger partial charge in [0, 0.05) is 38.1 Å². The van der Waals surface area contributed by atoms with Gasteiger partial charge in [-0.15, -0.1) is 0 Å². The first-order chi connectivity index (χ1) is 19.3. The molecule has 0 bridgehead atoms. The van der Waals surface area contributed by atoms with Gasteiger partial charge in [-0.25, -0.2) is 4.79 Å². The number of aliphatic carboxylic acids is 2. The number of hydrogen-bond acceptors (Lipinski definition) is 6. The summed E-state index contributed by atoms with van der Waals surface area (Å²) in [6.45, 7) is 9.78. The second-order valence-corrected chi connectivity index (χ2v) is 11.6. The topological polar surface area (TPSA) is 114 Å². The molecule has 8 nitrogen and oxygen atoms in total. The number of nitrogens with one attached hydrogen (secondary N) is 1. The van der Waals surface area contributed by atoms with Crippen LogP contribution in [0.1, 0.15) is 150 Å². The van der Waals surface area contributed by atoms with Crippen molar-refractivity contribution in [2.75, 3.05) is 13.2 Å². The van der Waals surface area contributed by atoms with Crippen LogP contribution >= 0.6 is 0 Å². The molecule has 1 unspecified atom stereocenters. The number of carbonyl (C=O) groups is 2. The Morgan fingerprint density at radius 3 is 1.73 bits per heavy atom. The van der Waals surface area contributed by atoms with Gasteiger partial charge in [-0.1, -0.05) is 72.6 Å². The molecule has 3 N–H and O–H groups in total. The summed E-state index contributed by atoms with van der Waals surface area (Å²) < 4.78 is 17.9. The molecule has 40 heavy (non-hydrogen) atoms. The van der Waals surface area contributed by atoms with Crippen molar-refractivity contribution >= 4 is 11.9 Å². The molecule has 236 valence electrons. The van der Waals surface area contributed by atoms with E-state index in [9.17, 15) is 14.7 Å². The number of unbranched alkanes of at least 4 members (excludes halogenated alkanes) is 7. The Kier molecular flexibility index (Phi) is 20.6. The van der Waals surface area contributed by atoms with Gasteiger partial charge in [-0.3, -0.25) is 4.79 Å². The molecule has 1 fully saturated rings. The van der Waals surface area contributed by atoms with Gasteiger partial charge in [0.15, 0.2) is 0 Å². The Morgan fingerprint density at radius 2 is 1.25 bits per heavy atom. The highest BCUT2D eigenvalue weighted by atomic mass is 16.7. The van der Waals surface area contributed by atoms with Crippen molar-refractivity contribution in [1.29, 1.82) is 0 Å². The summed E-state index contributed by atoms with van der Waals surface area (Å²) >= 11 is 0. The van der Waals surface area contributed by atoms with Crippen molar-refractivity contribution in [3.05, 3.63) is 0 Å². The predicted octanol–water partition coefficient (Wildman–Crippen LogP) is 7.47. The Bertz CT molecular complexity index is 631. The van der Waals surface area contributed by atoms with Crippen LogP contribution in [0.2, 0.25) is 0 Å². The normalized spacial score (nSPS) is 15.7. The molecule has 1 aliphatic rings. The Labute approximate surface area is 244 Å². The van der Waals surface area contributed by atoms with E-state index in [1.54, 1.807) is 0 Å². The standard InChI is InChI=1S/C32H61NO7/c1-5-28(6-2)39-32(31(36)37,40-29(7-3)8-4)23-17-13-12-15-19-26(33-27-21-24-38-25-22-27)18-14-10-9-11-16-20-30(34)35/h26-29,33H,5-25H2,1-4H3,(H,34,35)(H,36,37). The van der Waals surface area contributed by atoms with Crippen LogP contribution in [0.15, 0.2) is 0 Å². The molecule has 0 aromatic carbocycles. The molecule has 0 aromatic rings. The summed E-state index contributed by atoms with van der Waals surface area (Å²) in [5.74, 6) is -3.27. The van der Waals surface area contributed by atoms with Crippen LogP contribution in [0, 0.1) is 0 Å². The summed E-state index contributed by atoms with van der Waals surface area (Å²) in [7, 11) is 0. The highest BCUT2D eigenvalue weighted by Gasteiger charge is 2.44. The Morgan fingerprint density at radius 1 is 0.775 bits per heavy atom. The zero-order valence-corrected chi connectivity index (χ0v) is 26.1. The van der Waals surface area contributed by atoms with Crippen molar-refractivity contribution in [3.8, 4) is 0 Å². The van der Waals surface area contributed by atoms with Gasteiger partial charge in [0.2, 0.25) is 0 Å². The highest BCUT2D eigenvalue weighted by molar-refractivity contribution is 5.75. The summed E-state index contributed by atoms with van der Waals surface area (Å²) in [4.78, 5) is 23.2. The molecule has 1 aliphatic heterocycles. The minimum Gasteiger partial charge on any atom is -0.481 e. The third-order valence-corrected chi connectivity index (χ3v) is 8.31. The lowest BCUT2D eigenvalue weighted by Crippen LogP contribution is -2.49. The lowest BCUT2D eigenvalue weighted by molar-refractivity contribution is -0.279. The van der Waals surface area contributed by atoms with Gasteiger partial charge >= 0.3 is 11.9 Å². The fourth-order valence-electron chi connectivity index (χ4n) is 5.61. The van der Waals surface area contributed by atoms with E-state index in [0.717, 1.165) is 122 Å². The lowest BCUT2D eigenvalue weighted by Gasteiger charge is -2.36. The first-order valence-corrected chi connectivity index (χ1v) is 16.4. The van der Waals surface area contributed by atoms with Gasteiger partial charge in [-0.2, -0.15) is 0 Å². The third-order valence-electron chi connectivity index (χ3n) is 8.31. The van der Waals surface area contributed by atoms with E-state index in [1.807, 2.05) is 27.7 Å². The molecule has 0 aromatic heterocycles. The fourth-order valence-corrected chi connectivity index (χ4v) is 5.61. The second-order valence-electron chi connectivity index (χ2n) is 11.6. The highest BCUT2D eigenvalue weighted by Crippen LogP contribution is 2.29. The van der Waals surface area contributed by atoms with E-state index >= 15 is 0 Å². The molecule has 1 saturated heterocycles. The maximum atomic E-state index is 12.5. The summed E-state index contributed by atoms with van der Waals surface area (Å²) in [6.07, 6.45) is 16.9. The first-order valence-electron chi connectivity index (χ1n) is 16.4. The maximum absolute atomic E-state index is 12.5. The van der Waals surface area contributed by atoms with Crippen molar-refractivity contribution in [3.63, 3.8) is 0 Å². The lowest BCUT2D eigenvalue weighted by atomic mass is 9.97. The Balaban J connectivity index is 2.55. The number of carboxylic acids is 2. The van der Waals surface area contributed by atoms with Crippen molar-refractivity contribution in [1.82, 2.24) is 5.32 Å². The number of ether oxygens (including phenoxy) is 3. The number of carboxylic acid groups (broad SMARTS) is 2. The van der Waals surface area contributed by atoms with Gasteiger partial charge in [0.1, 0.15) is 0 Å². The molecule has 8 heteroatoms. The molecular formula is C32H61NO7. The van der Waals surface area contributed by atoms with Crippen molar-refractivity contribution < 1.29 is 34.0 Å². The maximum Gasteiger partial charge on any atom is 0.364 e. The molecular weight excluding hydrogens is 510 g/mol. The van der Waals surface area contributed by atoms with Crippen LogP contribution in [-0.4, -0.2) is 65.4 Å². The van der Waals surface area contributed by atoms with Gasteiger partial charge < -0.3 is 29.7 Å². The minimum atomic E-state index is -1.56. The molecule has 0 saturated carbocycles. The van der Waals surface area contributed by atoms with Crippen molar-refractivity contribution in [2.45, 2.75) is 180 Å². The predicted molar refractivity (Wildman–Crippen MR) is 160 cm³/mol. The van der Waals surface area contributed by atoms with Gasteiger partial charge in [0.05, 0.1) is 12.2 Å². The quantitative estimate of drug-likeness (QED) is 0.0723. The SMILES string of the molecule is CCC(CC)OC(CCCCCCC(CCCCCCCC(=O)O)NC1CCOCC1)(OC(CC)CC)C(=O)O.